The lowest BCUT2D eigenvalue weighted by Crippen LogP contribution is -2.48. The van der Waals surface area contributed by atoms with E-state index in [-0.39, 0.29) is 18.2 Å². The molecule has 4 rings (SSSR count). The maximum Gasteiger partial charge on any atom is 0.251 e. The fourth-order valence-electron chi connectivity index (χ4n) is 4.35. The van der Waals surface area contributed by atoms with Gasteiger partial charge in [-0.25, -0.2) is 0 Å². The van der Waals surface area contributed by atoms with Crippen LogP contribution in [0.2, 0.25) is 0 Å². The van der Waals surface area contributed by atoms with Crippen LogP contribution in [0, 0.1) is 17.3 Å². The van der Waals surface area contributed by atoms with E-state index in [1.165, 1.54) is 18.4 Å². The summed E-state index contributed by atoms with van der Waals surface area (Å²) in [6.45, 7) is 5.72. The predicted octanol–water partition coefficient (Wildman–Crippen LogP) is 3.31. The van der Waals surface area contributed by atoms with Crippen molar-refractivity contribution in [2.75, 3.05) is 20.2 Å². The fourth-order valence-corrected chi connectivity index (χ4v) is 4.35. The summed E-state index contributed by atoms with van der Waals surface area (Å²) >= 11 is 0. The lowest BCUT2D eigenvalue weighted by Gasteiger charge is -2.56. The molecule has 146 valence electrons. The summed E-state index contributed by atoms with van der Waals surface area (Å²) < 4.78 is 5.12. The van der Waals surface area contributed by atoms with E-state index >= 15 is 0 Å². The number of benzene rings is 1. The first-order valence-electron chi connectivity index (χ1n) is 9.79. The molecule has 5 heteroatoms. The van der Waals surface area contributed by atoms with E-state index < -0.39 is 0 Å². The number of carbonyl (C=O) groups excluding carboxylic acids is 2. The number of methoxy groups -OCH3 is 1. The van der Waals surface area contributed by atoms with Crippen LogP contribution in [-0.4, -0.2) is 32.0 Å². The zero-order valence-corrected chi connectivity index (χ0v) is 16.5. The number of nitrogens with one attached hydrogen (secondary N) is 2. The quantitative estimate of drug-likeness (QED) is 0.690. The summed E-state index contributed by atoms with van der Waals surface area (Å²) in [7, 11) is 1.56. The van der Waals surface area contributed by atoms with Gasteiger partial charge in [-0.15, -0.1) is 0 Å². The molecule has 0 unspecified atom stereocenters. The molecular formula is C22H30N2O3. The molecule has 0 aromatic heterocycles. The lowest BCUT2D eigenvalue weighted by atomic mass is 9.48. The molecule has 0 heterocycles. The van der Waals surface area contributed by atoms with Crippen LogP contribution in [0.4, 0.5) is 0 Å². The van der Waals surface area contributed by atoms with Crippen LogP contribution in [0.5, 0.6) is 5.75 Å². The minimum Gasteiger partial charge on any atom is -0.497 e. The average Bonchev–Trinajstić information content (AvgIpc) is 2.67. The van der Waals surface area contributed by atoms with Crippen molar-refractivity contribution >= 4 is 11.8 Å². The Kier molecular flexibility index (Phi) is 5.88. The van der Waals surface area contributed by atoms with Gasteiger partial charge in [-0.3, -0.25) is 9.59 Å². The van der Waals surface area contributed by atoms with E-state index in [0.29, 0.717) is 35.7 Å². The van der Waals surface area contributed by atoms with Crippen LogP contribution in [-0.2, 0) is 4.79 Å². The molecule has 0 saturated heterocycles. The topological polar surface area (TPSA) is 67.4 Å². The summed E-state index contributed by atoms with van der Waals surface area (Å²) in [6, 6.07) is 6.96. The highest BCUT2D eigenvalue weighted by molar-refractivity contribution is 5.94. The van der Waals surface area contributed by atoms with Crippen LogP contribution in [0.25, 0.3) is 0 Å². The first-order chi connectivity index (χ1) is 12.9. The monoisotopic (exact) mass is 370 g/mol. The standard InChI is InChI=1S/C22H30N2O3/c1-22(2)17-8-7-15(19(22)14-17)9-11-23-20(25)10-12-24-21(26)16-5-4-6-18(13-16)27-3/h4-7,13,17,19H,8-12,14H2,1-3H3,(H,23,25)(H,24,26)/t17-,19-/m0/s1. The van der Waals surface area contributed by atoms with Crippen molar-refractivity contribution in [3.05, 3.63) is 41.5 Å². The maximum atomic E-state index is 12.1. The molecule has 0 aliphatic heterocycles. The number of rotatable bonds is 8. The number of allylic oxidation sites excluding steroid dienone is 1. The van der Waals surface area contributed by atoms with Gasteiger partial charge in [0, 0.05) is 25.1 Å². The highest BCUT2D eigenvalue weighted by atomic mass is 16.5. The molecule has 2 bridgehead atoms. The Bertz CT molecular complexity index is 739. The molecule has 2 atom stereocenters. The van der Waals surface area contributed by atoms with Crippen molar-refractivity contribution in [2.24, 2.45) is 17.3 Å². The third-order valence-corrected chi connectivity index (χ3v) is 6.29. The maximum absolute atomic E-state index is 12.1. The number of fused-ring (bicyclic) bond motifs is 1. The third-order valence-electron chi connectivity index (χ3n) is 6.29. The summed E-state index contributed by atoms with van der Waals surface area (Å²) in [5.74, 6) is 1.95. The van der Waals surface area contributed by atoms with Gasteiger partial charge in [0.2, 0.25) is 5.91 Å². The minimum absolute atomic E-state index is 0.0249. The van der Waals surface area contributed by atoms with Gasteiger partial charge in [-0.05, 0) is 54.7 Å². The molecule has 3 aliphatic carbocycles. The van der Waals surface area contributed by atoms with Crippen molar-refractivity contribution in [1.82, 2.24) is 10.6 Å². The molecule has 0 radical (unpaired) electrons. The van der Waals surface area contributed by atoms with Crippen LogP contribution < -0.4 is 15.4 Å². The molecule has 1 fully saturated rings. The van der Waals surface area contributed by atoms with Crippen molar-refractivity contribution in [2.45, 2.75) is 39.5 Å². The molecular weight excluding hydrogens is 340 g/mol. The van der Waals surface area contributed by atoms with Gasteiger partial charge in [0.15, 0.2) is 0 Å². The van der Waals surface area contributed by atoms with E-state index in [1.807, 2.05) is 0 Å². The highest BCUT2D eigenvalue weighted by Gasteiger charge is 2.50. The summed E-state index contributed by atoms with van der Waals surface area (Å²) in [4.78, 5) is 24.1. The Labute approximate surface area is 161 Å². The fraction of sp³-hybridized carbons (Fsp3) is 0.545. The van der Waals surface area contributed by atoms with Gasteiger partial charge in [0.1, 0.15) is 5.75 Å². The number of hydrogen-bond acceptors (Lipinski definition) is 3. The largest absolute Gasteiger partial charge is 0.497 e. The van der Waals surface area contributed by atoms with Crippen LogP contribution in [0.3, 0.4) is 0 Å². The zero-order valence-electron chi connectivity index (χ0n) is 16.5. The van der Waals surface area contributed by atoms with E-state index in [0.717, 1.165) is 12.3 Å². The van der Waals surface area contributed by atoms with Gasteiger partial charge in [-0.1, -0.05) is 31.6 Å². The number of hydrogen-bond donors (Lipinski definition) is 2. The average molecular weight is 370 g/mol. The molecule has 5 nitrogen and oxygen atoms in total. The Balaban J connectivity index is 1.34. The second-order valence-corrected chi connectivity index (χ2v) is 8.16. The zero-order chi connectivity index (χ0) is 19.4. The van der Waals surface area contributed by atoms with E-state index in [9.17, 15) is 9.59 Å². The molecule has 27 heavy (non-hydrogen) atoms. The molecule has 2 amide bonds. The van der Waals surface area contributed by atoms with Crippen molar-refractivity contribution in [1.29, 1.82) is 0 Å². The first kappa shape index (κ1) is 19.5. The number of ether oxygens (including phenoxy) is 1. The first-order valence-corrected chi connectivity index (χ1v) is 9.79. The third kappa shape index (κ3) is 4.34. The van der Waals surface area contributed by atoms with Crippen molar-refractivity contribution in [3.63, 3.8) is 0 Å². The summed E-state index contributed by atoms with van der Waals surface area (Å²) in [5, 5.41) is 5.75. The smallest absolute Gasteiger partial charge is 0.251 e. The Morgan fingerprint density at radius 3 is 2.74 bits per heavy atom. The Morgan fingerprint density at radius 2 is 2.04 bits per heavy atom. The number of amides is 2. The van der Waals surface area contributed by atoms with Gasteiger partial charge in [-0.2, -0.15) is 0 Å². The Hall–Kier alpha value is -2.30. The van der Waals surface area contributed by atoms with Crippen LogP contribution >= 0.6 is 0 Å². The van der Waals surface area contributed by atoms with Gasteiger partial charge >= 0.3 is 0 Å². The summed E-state index contributed by atoms with van der Waals surface area (Å²) in [5.41, 5.74) is 2.47. The molecule has 3 aliphatic rings. The SMILES string of the molecule is COc1cccc(C(=O)NCCC(=O)NCCC2=CC[C@H]3C[C@@H]2C3(C)C)c1. The van der Waals surface area contributed by atoms with Crippen molar-refractivity contribution < 1.29 is 14.3 Å². The number of carbonyl (C=O) groups is 2. The molecule has 0 spiro atoms. The second-order valence-electron chi connectivity index (χ2n) is 8.16. The van der Waals surface area contributed by atoms with Gasteiger partial charge in [0.05, 0.1) is 7.11 Å². The Morgan fingerprint density at radius 1 is 1.22 bits per heavy atom. The van der Waals surface area contributed by atoms with E-state index in [2.05, 4.69) is 30.6 Å². The lowest BCUT2D eigenvalue weighted by molar-refractivity contribution is -0.120. The predicted molar refractivity (Wildman–Crippen MR) is 106 cm³/mol. The van der Waals surface area contributed by atoms with E-state index in [1.54, 1.807) is 31.4 Å². The van der Waals surface area contributed by atoms with Gasteiger partial charge < -0.3 is 15.4 Å². The molecule has 2 N–H and O–H groups in total. The minimum atomic E-state index is -0.198. The van der Waals surface area contributed by atoms with Crippen molar-refractivity contribution in [3.8, 4) is 5.75 Å². The van der Waals surface area contributed by atoms with Crippen LogP contribution in [0.1, 0.15) is 49.9 Å². The van der Waals surface area contributed by atoms with Gasteiger partial charge in [0.25, 0.3) is 5.91 Å². The molecule has 1 aromatic carbocycles. The molecule has 1 aromatic rings. The van der Waals surface area contributed by atoms with Crippen LogP contribution in [0.15, 0.2) is 35.9 Å². The second kappa shape index (κ2) is 8.15. The normalized spacial score (nSPS) is 22.3. The van der Waals surface area contributed by atoms with E-state index in [4.69, 9.17) is 4.74 Å². The molecule has 1 saturated carbocycles. The summed E-state index contributed by atoms with van der Waals surface area (Å²) in [6.07, 6.45) is 6.09. The highest BCUT2D eigenvalue weighted by Crippen LogP contribution is 2.59.